The smallest absolute Gasteiger partial charge is 0.299 e. The Bertz CT molecular complexity index is 1140. The lowest BCUT2D eigenvalue weighted by molar-refractivity contribution is -0.142. The van der Waals surface area contributed by atoms with Gasteiger partial charge in [-0.25, -0.2) is 0 Å². The number of likely N-dealkylation sites (tertiary alicyclic amines) is 1. The van der Waals surface area contributed by atoms with Gasteiger partial charge in [0.05, 0.1) is 11.2 Å². The maximum absolute atomic E-state index is 13.2. The van der Waals surface area contributed by atoms with Crippen LogP contribution in [-0.2, 0) is 9.59 Å². The second kappa shape index (κ2) is 8.06. The number of rotatable bonds is 3. The Balaban J connectivity index is 1.64. The maximum atomic E-state index is 13.2. The molecule has 29 heavy (non-hydrogen) atoms. The number of pyridine rings is 1. The Morgan fingerprint density at radius 2 is 1.90 bits per heavy atom. The van der Waals surface area contributed by atoms with E-state index in [1.165, 1.54) is 4.90 Å². The van der Waals surface area contributed by atoms with E-state index in [0.29, 0.717) is 17.7 Å². The lowest BCUT2D eigenvalue weighted by Crippen LogP contribution is -2.61. The van der Waals surface area contributed by atoms with Gasteiger partial charge in [-0.3, -0.25) is 14.6 Å². The SMILES string of the molecule is CC#CC(=O)N1C[C@@H](c2ccc(Br)cc2)[C@H]1C(=O)Nc1cccc2cccnc12. The van der Waals surface area contributed by atoms with Crippen molar-refractivity contribution in [3.8, 4) is 11.8 Å². The van der Waals surface area contributed by atoms with Gasteiger partial charge in [0.25, 0.3) is 5.91 Å². The summed E-state index contributed by atoms with van der Waals surface area (Å²) in [5, 5.41) is 3.91. The minimum atomic E-state index is -0.622. The highest BCUT2D eigenvalue weighted by Crippen LogP contribution is 2.36. The van der Waals surface area contributed by atoms with Gasteiger partial charge in [-0.1, -0.05) is 52.2 Å². The van der Waals surface area contributed by atoms with Gasteiger partial charge in [-0.2, -0.15) is 0 Å². The van der Waals surface area contributed by atoms with E-state index in [-0.39, 0.29) is 17.7 Å². The highest BCUT2D eigenvalue weighted by atomic mass is 79.9. The highest BCUT2D eigenvalue weighted by molar-refractivity contribution is 9.10. The summed E-state index contributed by atoms with van der Waals surface area (Å²) in [6, 6.07) is 16.6. The molecule has 3 aromatic rings. The molecule has 1 fully saturated rings. The summed E-state index contributed by atoms with van der Waals surface area (Å²) in [6.07, 6.45) is 1.69. The fourth-order valence-electron chi connectivity index (χ4n) is 3.63. The van der Waals surface area contributed by atoms with E-state index in [9.17, 15) is 9.59 Å². The first-order valence-electron chi connectivity index (χ1n) is 9.22. The molecule has 1 aliphatic rings. The monoisotopic (exact) mass is 447 g/mol. The molecule has 1 aromatic heterocycles. The molecule has 2 amide bonds. The predicted molar refractivity (Wildman–Crippen MR) is 116 cm³/mol. The summed E-state index contributed by atoms with van der Waals surface area (Å²) in [5.74, 6) is 4.50. The second-order valence-electron chi connectivity index (χ2n) is 6.81. The molecular weight excluding hydrogens is 430 g/mol. The summed E-state index contributed by atoms with van der Waals surface area (Å²) >= 11 is 3.43. The number of fused-ring (bicyclic) bond motifs is 1. The zero-order chi connectivity index (χ0) is 20.4. The average Bonchev–Trinajstić information content (AvgIpc) is 2.69. The number of amides is 2. The quantitative estimate of drug-likeness (QED) is 0.618. The molecule has 1 N–H and O–H groups in total. The average molecular weight is 448 g/mol. The molecule has 4 rings (SSSR count). The molecule has 2 heterocycles. The summed E-state index contributed by atoms with van der Waals surface area (Å²) in [5.41, 5.74) is 2.36. The van der Waals surface area contributed by atoms with Crippen molar-refractivity contribution >= 4 is 44.3 Å². The Hall–Kier alpha value is -3.17. The minimum Gasteiger partial charge on any atom is -0.322 e. The molecule has 1 aliphatic heterocycles. The van der Waals surface area contributed by atoms with E-state index >= 15 is 0 Å². The molecule has 0 bridgehead atoms. The van der Waals surface area contributed by atoms with Crippen molar-refractivity contribution in [1.29, 1.82) is 0 Å². The van der Waals surface area contributed by atoms with Gasteiger partial charge >= 0.3 is 0 Å². The fourth-order valence-corrected chi connectivity index (χ4v) is 3.89. The highest BCUT2D eigenvalue weighted by Gasteiger charge is 2.47. The largest absolute Gasteiger partial charge is 0.322 e. The van der Waals surface area contributed by atoms with Crippen LogP contribution >= 0.6 is 15.9 Å². The normalized spacial score (nSPS) is 17.8. The van der Waals surface area contributed by atoms with Gasteiger partial charge in [0.15, 0.2) is 0 Å². The van der Waals surface area contributed by atoms with Gasteiger partial charge in [0.1, 0.15) is 6.04 Å². The number of carbonyl (C=O) groups is 2. The lowest BCUT2D eigenvalue weighted by Gasteiger charge is -2.46. The van der Waals surface area contributed by atoms with Crippen LogP contribution in [0.3, 0.4) is 0 Å². The van der Waals surface area contributed by atoms with Crippen molar-refractivity contribution in [1.82, 2.24) is 9.88 Å². The van der Waals surface area contributed by atoms with Crippen LogP contribution in [0.25, 0.3) is 10.9 Å². The van der Waals surface area contributed by atoms with Crippen molar-refractivity contribution < 1.29 is 9.59 Å². The third-order valence-electron chi connectivity index (χ3n) is 5.06. The number of anilines is 1. The molecule has 0 aliphatic carbocycles. The first-order valence-corrected chi connectivity index (χ1v) is 10.0. The molecule has 0 unspecified atom stereocenters. The number of aromatic nitrogens is 1. The predicted octanol–water partition coefficient (Wildman–Crippen LogP) is 3.95. The van der Waals surface area contributed by atoms with Crippen LogP contribution in [-0.4, -0.2) is 34.3 Å². The summed E-state index contributed by atoms with van der Waals surface area (Å²) in [4.78, 5) is 31.5. The van der Waals surface area contributed by atoms with E-state index < -0.39 is 6.04 Å². The van der Waals surface area contributed by atoms with Crippen LogP contribution in [0.4, 0.5) is 5.69 Å². The summed E-state index contributed by atoms with van der Waals surface area (Å²) < 4.78 is 0.966. The molecule has 0 saturated carbocycles. The Kier molecular flexibility index (Phi) is 5.32. The number of para-hydroxylation sites is 1. The molecule has 0 spiro atoms. The van der Waals surface area contributed by atoms with E-state index in [1.807, 2.05) is 54.6 Å². The molecule has 2 atom stereocenters. The molecule has 6 heteroatoms. The second-order valence-corrected chi connectivity index (χ2v) is 7.72. The van der Waals surface area contributed by atoms with Crippen molar-refractivity contribution in [3.05, 3.63) is 70.8 Å². The molecule has 0 radical (unpaired) electrons. The summed E-state index contributed by atoms with van der Waals surface area (Å²) in [6.45, 7) is 2.07. The van der Waals surface area contributed by atoms with E-state index in [0.717, 1.165) is 15.4 Å². The van der Waals surface area contributed by atoms with Crippen molar-refractivity contribution in [3.63, 3.8) is 0 Å². The van der Waals surface area contributed by atoms with E-state index in [4.69, 9.17) is 0 Å². The van der Waals surface area contributed by atoms with Crippen LogP contribution < -0.4 is 5.32 Å². The van der Waals surface area contributed by atoms with Crippen LogP contribution in [0.5, 0.6) is 0 Å². The zero-order valence-electron chi connectivity index (χ0n) is 15.7. The number of benzene rings is 2. The van der Waals surface area contributed by atoms with Gasteiger partial charge in [-0.15, -0.1) is 0 Å². The van der Waals surface area contributed by atoms with Gasteiger partial charge < -0.3 is 10.2 Å². The van der Waals surface area contributed by atoms with E-state index in [2.05, 4.69) is 38.1 Å². The molecule has 2 aromatic carbocycles. The van der Waals surface area contributed by atoms with Gasteiger partial charge in [-0.05, 0) is 42.7 Å². The maximum Gasteiger partial charge on any atom is 0.299 e. The van der Waals surface area contributed by atoms with Crippen molar-refractivity contribution in [2.24, 2.45) is 0 Å². The van der Waals surface area contributed by atoms with Crippen LogP contribution in [0.15, 0.2) is 65.3 Å². The third-order valence-corrected chi connectivity index (χ3v) is 5.59. The lowest BCUT2D eigenvalue weighted by atomic mass is 9.81. The number of nitrogens with one attached hydrogen (secondary N) is 1. The van der Waals surface area contributed by atoms with Crippen molar-refractivity contribution in [2.45, 2.75) is 18.9 Å². The molecule has 1 saturated heterocycles. The molecular formula is C23H18BrN3O2. The van der Waals surface area contributed by atoms with Gasteiger partial charge in [0, 0.05) is 28.5 Å². The number of carbonyl (C=O) groups excluding carboxylic acids is 2. The third kappa shape index (κ3) is 3.74. The summed E-state index contributed by atoms with van der Waals surface area (Å²) in [7, 11) is 0. The van der Waals surface area contributed by atoms with Crippen LogP contribution in [0.1, 0.15) is 18.4 Å². The molecule has 5 nitrogen and oxygen atoms in total. The fraction of sp³-hybridized carbons (Fsp3) is 0.174. The topological polar surface area (TPSA) is 62.3 Å². The standard InChI is InChI=1S/C23H18BrN3O2/c1-2-5-20(28)27-14-18(15-9-11-17(24)12-10-15)22(27)23(29)26-19-8-3-6-16-7-4-13-25-21(16)19/h3-4,6-13,18,22H,14H2,1H3,(H,26,29)/t18-,22-/m0/s1. The number of hydrogen-bond acceptors (Lipinski definition) is 3. The first kappa shape index (κ1) is 19.2. The Morgan fingerprint density at radius 3 is 2.66 bits per heavy atom. The minimum absolute atomic E-state index is 0.0892. The number of nitrogens with zero attached hydrogens (tertiary/aromatic N) is 2. The first-order chi connectivity index (χ1) is 14.1. The van der Waals surface area contributed by atoms with E-state index in [1.54, 1.807) is 13.1 Å². The molecule has 144 valence electrons. The zero-order valence-corrected chi connectivity index (χ0v) is 17.3. The van der Waals surface area contributed by atoms with Crippen LogP contribution in [0.2, 0.25) is 0 Å². The van der Waals surface area contributed by atoms with Crippen LogP contribution in [0, 0.1) is 11.8 Å². The number of halogens is 1. The van der Waals surface area contributed by atoms with Gasteiger partial charge in [0.2, 0.25) is 5.91 Å². The number of hydrogen-bond donors (Lipinski definition) is 1. The van der Waals surface area contributed by atoms with Crippen molar-refractivity contribution in [2.75, 3.05) is 11.9 Å². The Labute approximate surface area is 177 Å². The Morgan fingerprint density at radius 1 is 1.14 bits per heavy atom.